The van der Waals surface area contributed by atoms with E-state index in [-0.39, 0.29) is 0 Å². The van der Waals surface area contributed by atoms with Crippen LogP contribution in [-0.4, -0.2) is 31.1 Å². The van der Waals surface area contributed by atoms with E-state index in [2.05, 4.69) is 17.1 Å². The third-order valence-electron chi connectivity index (χ3n) is 3.23. The summed E-state index contributed by atoms with van der Waals surface area (Å²) >= 11 is 0. The second-order valence-corrected chi connectivity index (χ2v) is 4.80. The summed E-state index contributed by atoms with van der Waals surface area (Å²) in [4.78, 5) is 2.56. The van der Waals surface area contributed by atoms with Gasteiger partial charge < -0.3 is 14.6 Å². The highest BCUT2D eigenvalue weighted by Crippen LogP contribution is 2.14. The zero-order valence-electron chi connectivity index (χ0n) is 10.1. The minimum atomic E-state index is 0.844. The summed E-state index contributed by atoms with van der Waals surface area (Å²) in [5.41, 5.74) is 0. The molecule has 2 heterocycles. The maximum Gasteiger partial charge on any atom is 0.117 e. The largest absolute Gasteiger partial charge is 0.468 e. The van der Waals surface area contributed by atoms with E-state index in [1.54, 1.807) is 6.26 Å². The van der Waals surface area contributed by atoms with Gasteiger partial charge in [-0.1, -0.05) is 6.92 Å². The lowest BCUT2D eigenvalue weighted by molar-refractivity contribution is 0.184. The average Bonchev–Trinajstić information content (AvgIpc) is 2.77. The summed E-state index contributed by atoms with van der Waals surface area (Å²) in [5.74, 6) is 1.89. The van der Waals surface area contributed by atoms with Crippen molar-refractivity contribution in [1.29, 1.82) is 0 Å². The molecule has 1 atom stereocenters. The molecule has 0 amide bonds. The smallest absolute Gasteiger partial charge is 0.117 e. The topological polar surface area (TPSA) is 28.4 Å². The molecule has 0 radical (unpaired) electrons. The maximum absolute atomic E-state index is 5.27. The van der Waals surface area contributed by atoms with Gasteiger partial charge in [0.2, 0.25) is 0 Å². The molecule has 1 aliphatic rings. The van der Waals surface area contributed by atoms with E-state index in [9.17, 15) is 0 Å². The summed E-state index contributed by atoms with van der Waals surface area (Å²) in [5, 5.41) is 3.41. The minimum absolute atomic E-state index is 0.844. The van der Waals surface area contributed by atoms with Gasteiger partial charge in [0, 0.05) is 19.6 Å². The molecular formula is C13H22N2O. The Hall–Kier alpha value is -0.800. The van der Waals surface area contributed by atoms with E-state index < -0.39 is 0 Å². The minimum Gasteiger partial charge on any atom is -0.468 e. The Labute approximate surface area is 97.8 Å². The SMILES string of the molecule is CC1CCCN(CCNCc2ccco2)C1. The Kier molecular flexibility index (Phi) is 4.43. The normalized spacial score (nSPS) is 22.4. The summed E-state index contributed by atoms with van der Waals surface area (Å²) in [6.45, 7) is 7.94. The Morgan fingerprint density at radius 3 is 3.25 bits per heavy atom. The van der Waals surface area contributed by atoms with Gasteiger partial charge in [0.1, 0.15) is 5.76 Å². The van der Waals surface area contributed by atoms with Gasteiger partial charge in [0.05, 0.1) is 12.8 Å². The molecule has 3 heteroatoms. The van der Waals surface area contributed by atoms with Crippen molar-refractivity contribution in [2.75, 3.05) is 26.2 Å². The van der Waals surface area contributed by atoms with Gasteiger partial charge in [-0.25, -0.2) is 0 Å². The molecule has 1 saturated heterocycles. The van der Waals surface area contributed by atoms with Crippen LogP contribution in [0.5, 0.6) is 0 Å². The molecule has 1 fully saturated rings. The molecular weight excluding hydrogens is 200 g/mol. The molecule has 1 aromatic rings. The highest BCUT2D eigenvalue weighted by molar-refractivity contribution is 4.97. The van der Waals surface area contributed by atoms with E-state index in [0.717, 1.165) is 31.3 Å². The number of hydrogen-bond donors (Lipinski definition) is 1. The third-order valence-corrected chi connectivity index (χ3v) is 3.23. The van der Waals surface area contributed by atoms with E-state index >= 15 is 0 Å². The van der Waals surface area contributed by atoms with Crippen LogP contribution in [0.1, 0.15) is 25.5 Å². The number of rotatable bonds is 5. The molecule has 0 saturated carbocycles. The van der Waals surface area contributed by atoms with Crippen LogP contribution in [0, 0.1) is 5.92 Å². The molecule has 0 bridgehead atoms. The molecule has 1 aromatic heterocycles. The van der Waals surface area contributed by atoms with Crippen molar-refractivity contribution in [3.05, 3.63) is 24.2 Å². The van der Waals surface area contributed by atoms with Crippen LogP contribution >= 0.6 is 0 Å². The van der Waals surface area contributed by atoms with Crippen molar-refractivity contribution < 1.29 is 4.42 Å². The first-order chi connectivity index (χ1) is 7.84. The van der Waals surface area contributed by atoms with Crippen molar-refractivity contribution in [1.82, 2.24) is 10.2 Å². The predicted octanol–water partition coefficient (Wildman–Crippen LogP) is 2.10. The van der Waals surface area contributed by atoms with Gasteiger partial charge in [-0.05, 0) is 37.4 Å². The highest BCUT2D eigenvalue weighted by atomic mass is 16.3. The fraction of sp³-hybridized carbons (Fsp3) is 0.692. The molecule has 2 rings (SSSR count). The number of nitrogens with one attached hydrogen (secondary N) is 1. The van der Waals surface area contributed by atoms with E-state index in [1.165, 1.54) is 25.9 Å². The average molecular weight is 222 g/mol. The zero-order chi connectivity index (χ0) is 11.2. The molecule has 3 nitrogen and oxygen atoms in total. The quantitative estimate of drug-likeness (QED) is 0.773. The van der Waals surface area contributed by atoms with Gasteiger partial charge in [-0.2, -0.15) is 0 Å². The summed E-state index contributed by atoms with van der Waals surface area (Å²) < 4.78 is 5.27. The Morgan fingerprint density at radius 1 is 1.56 bits per heavy atom. The fourth-order valence-corrected chi connectivity index (χ4v) is 2.35. The van der Waals surface area contributed by atoms with Crippen LogP contribution in [0.25, 0.3) is 0 Å². The predicted molar refractivity (Wildman–Crippen MR) is 65.3 cm³/mol. The van der Waals surface area contributed by atoms with Gasteiger partial charge in [0.15, 0.2) is 0 Å². The first-order valence-corrected chi connectivity index (χ1v) is 6.30. The summed E-state index contributed by atoms with van der Waals surface area (Å²) in [6.07, 6.45) is 4.49. The Balaban J connectivity index is 1.57. The Morgan fingerprint density at radius 2 is 2.50 bits per heavy atom. The van der Waals surface area contributed by atoms with Crippen LogP contribution in [0.2, 0.25) is 0 Å². The van der Waals surface area contributed by atoms with Crippen LogP contribution in [0.4, 0.5) is 0 Å². The molecule has 0 aromatic carbocycles. The fourth-order valence-electron chi connectivity index (χ4n) is 2.35. The van der Waals surface area contributed by atoms with Crippen LogP contribution in [0.3, 0.4) is 0 Å². The molecule has 0 spiro atoms. The monoisotopic (exact) mass is 222 g/mol. The van der Waals surface area contributed by atoms with E-state index in [0.29, 0.717) is 0 Å². The second-order valence-electron chi connectivity index (χ2n) is 4.80. The van der Waals surface area contributed by atoms with Crippen LogP contribution < -0.4 is 5.32 Å². The summed E-state index contributed by atoms with van der Waals surface area (Å²) in [6, 6.07) is 3.94. The van der Waals surface area contributed by atoms with Crippen molar-refractivity contribution in [3.8, 4) is 0 Å². The maximum atomic E-state index is 5.27. The lowest BCUT2D eigenvalue weighted by atomic mass is 10.0. The molecule has 1 N–H and O–H groups in total. The molecule has 0 aliphatic carbocycles. The van der Waals surface area contributed by atoms with Crippen molar-refractivity contribution in [2.24, 2.45) is 5.92 Å². The third kappa shape index (κ3) is 3.65. The van der Waals surface area contributed by atoms with Crippen LogP contribution in [0.15, 0.2) is 22.8 Å². The van der Waals surface area contributed by atoms with Gasteiger partial charge in [0.25, 0.3) is 0 Å². The van der Waals surface area contributed by atoms with Gasteiger partial charge >= 0.3 is 0 Å². The molecule has 16 heavy (non-hydrogen) atoms. The standard InChI is InChI=1S/C13H22N2O/c1-12-4-2-7-15(11-12)8-6-14-10-13-5-3-9-16-13/h3,5,9,12,14H,2,4,6-8,10-11H2,1H3. The second kappa shape index (κ2) is 6.06. The number of likely N-dealkylation sites (tertiary alicyclic amines) is 1. The lowest BCUT2D eigenvalue weighted by Gasteiger charge is -2.30. The molecule has 90 valence electrons. The van der Waals surface area contributed by atoms with Gasteiger partial charge in [-0.15, -0.1) is 0 Å². The number of furan rings is 1. The van der Waals surface area contributed by atoms with E-state index in [4.69, 9.17) is 4.42 Å². The van der Waals surface area contributed by atoms with Crippen LogP contribution in [-0.2, 0) is 6.54 Å². The first-order valence-electron chi connectivity index (χ1n) is 6.30. The number of nitrogens with zero attached hydrogens (tertiary/aromatic N) is 1. The number of hydrogen-bond acceptors (Lipinski definition) is 3. The first kappa shape index (κ1) is 11.7. The zero-order valence-corrected chi connectivity index (χ0v) is 10.1. The Bertz CT molecular complexity index is 284. The molecule has 1 aliphatic heterocycles. The van der Waals surface area contributed by atoms with E-state index in [1.807, 2.05) is 12.1 Å². The highest BCUT2D eigenvalue weighted by Gasteiger charge is 2.15. The van der Waals surface area contributed by atoms with Crippen molar-refractivity contribution in [2.45, 2.75) is 26.3 Å². The summed E-state index contributed by atoms with van der Waals surface area (Å²) in [7, 11) is 0. The molecule has 1 unspecified atom stereocenters. The number of piperidine rings is 1. The van der Waals surface area contributed by atoms with Crippen molar-refractivity contribution >= 4 is 0 Å². The van der Waals surface area contributed by atoms with Gasteiger partial charge in [-0.3, -0.25) is 0 Å². The lowest BCUT2D eigenvalue weighted by Crippen LogP contribution is -2.38. The van der Waals surface area contributed by atoms with Crippen molar-refractivity contribution in [3.63, 3.8) is 0 Å².